The van der Waals surface area contributed by atoms with Gasteiger partial charge in [-0.3, -0.25) is 9.48 Å². The zero-order chi connectivity index (χ0) is 25.7. The van der Waals surface area contributed by atoms with E-state index >= 15 is 0 Å². The lowest BCUT2D eigenvalue weighted by molar-refractivity contribution is 0.134. The van der Waals surface area contributed by atoms with Crippen molar-refractivity contribution in [1.82, 2.24) is 19.1 Å². The average Bonchev–Trinajstić information content (AvgIpc) is 3.33. The Bertz CT molecular complexity index is 1520. The molecule has 1 aliphatic carbocycles. The Hall–Kier alpha value is -3.20. The van der Waals surface area contributed by atoms with Gasteiger partial charge in [-0.1, -0.05) is 20.3 Å². The van der Waals surface area contributed by atoms with Gasteiger partial charge in [-0.25, -0.2) is 15.0 Å². The highest BCUT2D eigenvalue weighted by molar-refractivity contribution is 7.89. The Kier molecular flexibility index (Phi) is 6.14. The molecule has 0 unspecified atom stereocenters. The standard InChI is InChI=1S/C25H30N6O4S/c1-25(2,15-32)14-30-13-16-12-17(8-9-21(16)36(30,34)35)28-23-22-20(10-11-27-24(22)33)31(29-23)19-7-5-4-6-18(19)26-3/h8-12,18-19,32H,4-7,13-15H2,1-2H3,(H,27,33)(H,28,29)/t18-,19-/m0/s1. The van der Waals surface area contributed by atoms with E-state index in [1.165, 1.54) is 4.31 Å². The molecule has 190 valence electrons. The lowest BCUT2D eigenvalue weighted by Gasteiger charge is -2.27. The minimum absolute atomic E-state index is 0.107. The minimum atomic E-state index is -3.65. The van der Waals surface area contributed by atoms with Gasteiger partial charge >= 0.3 is 0 Å². The van der Waals surface area contributed by atoms with Gasteiger partial charge in [0.2, 0.25) is 16.1 Å². The predicted molar refractivity (Wildman–Crippen MR) is 136 cm³/mol. The Morgan fingerprint density at radius 2 is 2.06 bits per heavy atom. The number of pyridine rings is 1. The number of hydrogen-bond acceptors (Lipinski definition) is 6. The van der Waals surface area contributed by atoms with Gasteiger partial charge in [0.1, 0.15) is 11.4 Å². The number of sulfonamides is 1. The number of H-pyrrole nitrogens is 1. The van der Waals surface area contributed by atoms with Crippen molar-refractivity contribution in [2.75, 3.05) is 18.5 Å². The first-order valence-electron chi connectivity index (χ1n) is 12.1. The first-order valence-corrected chi connectivity index (χ1v) is 13.6. The largest absolute Gasteiger partial charge is 0.396 e. The summed E-state index contributed by atoms with van der Waals surface area (Å²) < 4.78 is 29.3. The second-order valence-corrected chi connectivity index (χ2v) is 12.4. The van der Waals surface area contributed by atoms with Gasteiger partial charge in [0.25, 0.3) is 5.56 Å². The summed E-state index contributed by atoms with van der Waals surface area (Å²) >= 11 is 0. The van der Waals surface area contributed by atoms with Crippen molar-refractivity contribution < 1.29 is 13.5 Å². The monoisotopic (exact) mass is 510 g/mol. The van der Waals surface area contributed by atoms with Crippen LogP contribution in [0.1, 0.15) is 51.1 Å². The van der Waals surface area contributed by atoms with Crippen molar-refractivity contribution >= 4 is 32.4 Å². The molecule has 10 nitrogen and oxygen atoms in total. The van der Waals surface area contributed by atoms with Crippen molar-refractivity contribution in [2.24, 2.45) is 5.41 Å². The molecule has 36 heavy (non-hydrogen) atoms. The summed E-state index contributed by atoms with van der Waals surface area (Å²) in [6.07, 6.45) is 5.24. The van der Waals surface area contributed by atoms with E-state index in [4.69, 9.17) is 11.7 Å². The highest BCUT2D eigenvalue weighted by Crippen LogP contribution is 2.37. The molecule has 0 bridgehead atoms. The molecule has 0 spiro atoms. The fraction of sp³-hybridized carbons (Fsp3) is 0.480. The molecule has 3 N–H and O–H groups in total. The molecule has 2 aliphatic rings. The lowest BCUT2D eigenvalue weighted by atomic mass is 9.91. The molecule has 2 aromatic heterocycles. The molecule has 1 aromatic carbocycles. The van der Waals surface area contributed by atoms with Crippen molar-refractivity contribution in [1.29, 1.82) is 0 Å². The van der Waals surface area contributed by atoms with Crippen LogP contribution in [0.25, 0.3) is 15.7 Å². The molecule has 0 radical (unpaired) electrons. The first kappa shape index (κ1) is 24.5. The number of hydrogen-bond donors (Lipinski definition) is 3. The smallest absolute Gasteiger partial charge is 0.261 e. The Morgan fingerprint density at radius 3 is 2.81 bits per heavy atom. The molecule has 3 aromatic rings. The summed E-state index contributed by atoms with van der Waals surface area (Å²) in [4.78, 5) is 19.6. The third-order valence-corrected chi connectivity index (χ3v) is 9.02. The summed E-state index contributed by atoms with van der Waals surface area (Å²) in [5, 5.41) is 18.0. The van der Waals surface area contributed by atoms with E-state index in [0.717, 1.165) is 25.7 Å². The third-order valence-electron chi connectivity index (χ3n) is 7.12. The fourth-order valence-corrected chi connectivity index (χ4v) is 7.02. The highest BCUT2D eigenvalue weighted by atomic mass is 32.2. The normalized spacial score (nSPS) is 21.8. The number of nitrogens with zero attached hydrogens (tertiary/aromatic N) is 4. The van der Waals surface area contributed by atoms with E-state index in [-0.39, 0.29) is 42.2 Å². The SMILES string of the molecule is [C-]#[N+][C@H]1CCCC[C@@H]1n1nc(Nc2ccc3c(c2)CN(CC(C)(C)CO)S3(=O)=O)c2c(=O)[nH]ccc21. The number of aromatic amines is 1. The van der Waals surface area contributed by atoms with Crippen LogP contribution in [0.2, 0.25) is 0 Å². The topological polar surface area (TPSA) is 125 Å². The average molecular weight is 511 g/mol. The van der Waals surface area contributed by atoms with Gasteiger partial charge in [-0.2, -0.15) is 9.40 Å². The summed E-state index contributed by atoms with van der Waals surface area (Å²) in [6.45, 7) is 11.6. The molecule has 1 saturated carbocycles. The zero-order valence-electron chi connectivity index (χ0n) is 20.4. The van der Waals surface area contributed by atoms with Gasteiger partial charge in [0.15, 0.2) is 5.82 Å². The van der Waals surface area contributed by atoms with Crippen LogP contribution in [-0.2, 0) is 16.6 Å². The second kappa shape index (κ2) is 9.03. The van der Waals surface area contributed by atoms with Crippen molar-refractivity contribution in [3.8, 4) is 0 Å². The van der Waals surface area contributed by atoms with E-state index in [1.54, 1.807) is 30.5 Å². The molecular formula is C25H30N6O4S. The zero-order valence-corrected chi connectivity index (χ0v) is 21.2. The van der Waals surface area contributed by atoms with Gasteiger partial charge in [-0.05, 0) is 42.7 Å². The fourth-order valence-electron chi connectivity index (χ4n) is 5.22. The van der Waals surface area contributed by atoms with Crippen LogP contribution in [0.5, 0.6) is 0 Å². The van der Waals surface area contributed by atoms with Crippen molar-refractivity contribution in [3.63, 3.8) is 0 Å². The molecule has 5 rings (SSSR count). The van der Waals surface area contributed by atoms with Crippen LogP contribution in [0.15, 0.2) is 40.2 Å². The maximum absolute atomic E-state index is 13.0. The lowest BCUT2D eigenvalue weighted by Crippen LogP contribution is -2.36. The molecule has 0 saturated heterocycles. The maximum atomic E-state index is 13.0. The number of aliphatic hydroxyl groups is 1. The summed E-state index contributed by atoms with van der Waals surface area (Å²) in [6, 6.07) is 6.52. The molecule has 1 fully saturated rings. The van der Waals surface area contributed by atoms with Gasteiger partial charge in [0, 0.05) is 43.4 Å². The number of benzene rings is 1. The number of aliphatic hydroxyl groups excluding tert-OH is 1. The number of fused-ring (bicyclic) bond motifs is 2. The molecule has 2 atom stereocenters. The Labute approximate surface area is 209 Å². The van der Waals surface area contributed by atoms with Crippen LogP contribution in [0.4, 0.5) is 11.5 Å². The summed E-state index contributed by atoms with van der Waals surface area (Å²) in [5.74, 6) is 0.375. The van der Waals surface area contributed by atoms with E-state index in [1.807, 2.05) is 18.5 Å². The number of rotatable bonds is 6. The molecule has 0 amide bonds. The van der Waals surface area contributed by atoms with Crippen LogP contribution >= 0.6 is 0 Å². The molecule has 1 aliphatic heterocycles. The van der Waals surface area contributed by atoms with E-state index < -0.39 is 15.4 Å². The third kappa shape index (κ3) is 4.19. The van der Waals surface area contributed by atoms with Crippen LogP contribution in [-0.4, -0.2) is 51.8 Å². The van der Waals surface area contributed by atoms with Crippen LogP contribution < -0.4 is 10.9 Å². The van der Waals surface area contributed by atoms with Crippen molar-refractivity contribution in [2.45, 2.75) is 63.1 Å². The quantitative estimate of drug-likeness (QED) is 0.437. The highest BCUT2D eigenvalue weighted by Gasteiger charge is 2.38. The number of aromatic nitrogens is 3. The Morgan fingerprint density at radius 1 is 1.28 bits per heavy atom. The summed E-state index contributed by atoms with van der Waals surface area (Å²) in [7, 11) is -3.65. The maximum Gasteiger partial charge on any atom is 0.261 e. The molecule has 3 heterocycles. The second-order valence-electron chi connectivity index (χ2n) is 10.5. The number of nitrogens with one attached hydrogen (secondary N) is 2. The predicted octanol–water partition coefficient (Wildman–Crippen LogP) is 3.39. The van der Waals surface area contributed by atoms with Crippen LogP contribution in [0.3, 0.4) is 0 Å². The van der Waals surface area contributed by atoms with E-state index in [9.17, 15) is 18.3 Å². The van der Waals surface area contributed by atoms with Gasteiger partial charge < -0.3 is 20.3 Å². The van der Waals surface area contributed by atoms with Crippen molar-refractivity contribution in [3.05, 3.63) is 57.8 Å². The van der Waals surface area contributed by atoms with E-state index in [2.05, 4.69) is 15.1 Å². The number of anilines is 2. The minimum Gasteiger partial charge on any atom is -0.396 e. The van der Waals surface area contributed by atoms with Gasteiger partial charge in [-0.15, -0.1) is 0 Å². The van der Waals surface area contributed by atoms with Gasteiger partial charge in [0.05, 0.1) is 10.4 Å². The van der Waals surface area contributed by atoms with E-state index in [0.29, 0.717) is 28.0 Å². The molecule has 11 heteroatoms. The molecular weight excluding hydrogens is 480 g/mol. The van der Waals surface area contributed by atoms with Crippen LogP contribution in [0, 0.1) is 12.0 Å². The first-order chi connectivity index (χ1) is 17.1. The Balaban J connectivity index is 1.50. The summed E-state index contributed by atoms with van der Waals surface area (Å²) in [5.41, 5.74) is 1.09.